The Morgan fingerprint density at radius 3 is 2.52 bits per heavy atom. The molecule has 2 N–H and O–H groups in total. The van der Waals surface area contributed by atoms with E-state index in [2.05, 4.69) is 14.7 Å². The van der Waals surface area contributed by atoms with Gasteiger partial charge in [-0.3, -0.25) is 14.6 Å². The molecule has 1 aliphatic heterocycles. The molecule has 0 saturated carbocycles. The first-order valence-electron chi connectivity index (χ1n) is 8.39. The zero-order valence-electron chi connectivity index (χ0n) is 14.8. The van der Waals surface area contributed by atoms with Crippen LogP contribution in [0.5, 0.6) is 0 Å². The van der Waals surface area contributed by atoms with Crippen LogP contribution >= 0.6 is 0 Å². The van der Waals surface area contributed by atoms with E-state index in [0.717, 1.165) is 12.1 Å². The molecule has 1 fully saturated rings. The average molecular weight is 391 g/mol. The van der Waals surface area contributed by atoms with E-state index in [0.29, 0.717) is 19.6 Å². The van der Waals surface area contributed by atoms with E-state index in [4.69, 9.17) is 0 Å². The quantitative estimate of drug-likeness (QED) is 0.730. The minimum absolute atomic E-state index is 0.00982. The molecule has 0 bridgehead atoms. The van der Waals surface area contributed by atoms with Crippen LogP contribution in [-0.4, -0.2) is 72.0 Å². The molecule has 27 heavy (non-hydrogen) atoms. The maximum atomic E-state index is 12.3. The Hall–Kier alpha value is -2.56. The topological polar surface area (TPSA) is 116 Å². The number of piperazine rings is 1. The second kappa shape index (κ2) is 7.99. The molecule has 1 aliphatic rings. The lowest BCUT2D eigenvalue weighted by Crippen LogP contribution is -2.54. The van der Waals surface area contributed by atoms with Crippen LogP contribution in [-0.2, 0) is 21.4 Å². The maximum Gasteiger partial charge on any atom is 0.322 e. The van der Waals surface area contributed by atoms with Crippen molar-refractivity contribution >= 4 is 21.9 Å². The van der Waals surface area contributed by atoms with Crippen molar-refractivity contribution in [1.82, 2.24) is 19.8 Å². The van der Waals surface area contributed by atoms with Gasteiger partial charge in [-0.05, 0) is 19.2 Å². The highest BCUT2D eigenvalue weighted by Crippen LogP contribution is 2.14. The summed E-state index contributed by atoms with van der Waals surface area (Å²) in [6.45, 7) is 2.31. The van der Waals surface area contributed by atoms with Crippen molar-refractivity contribution in [2.24, 2.45) is 0 Å². The highest BCUT2D eigenvalue weighted by molar-refractivity contribution is 7.92. The van der Waals surface area contributed by atoms with Crippen LogP contribution in [0.4, 0.5) is 5.95 Å². The molecule has 1 aromatic heterocycles. The molecule has 2 heterocycles. The molecule has 0 aliphatic carbocycles. The third-order valence-electron chi connectivity index (χ3n) is 4.41. The zero-order valence-corrected chi connectivity index (χ0v) is 15.6. The minimum atomic E-state index is -3.73. The predicted octanol–water partition coefficient (Wildman–Crippen LogP) is 0.478. The smallest absolute Gasteiger partial charge is 0.322 e. The molecule has 2 aromatic rings. The SMILES string of the molecule is CN1CCN(Cc2cnc(NS(=O)(=O)c3ccccc3)nc2)CC1C(=O)O. The summed E-state index contributed by atoms with van der Waals surface area (Å²) in [6, 6.07) is 7.44. The molecule has 1 unspecified atom stereocenters. The lowest BCUT2D eigenvalue weighted by molar-refractivity contribution is -0.145. The van der Waals surface area contributed by atoms with Gasteiger partial charge in [0.2, 0.25) is 5.95 Å². The monoisotopic (exact) mass is 391 g/mol. The standard InChI is InChI=1S/C17H21N5O4S/c1-21-7-8-22(12-15(21)16(23)24)11-13-9-18-17(19-10-13)20-27(25,26)14-5-3-2-4-6-14/h2-6,9-10,15H,7-8,11-12H2,1H3,(H,23,24)(H,18,19,20). The number of carboxylic acid groups (broad SMARTS) is 1. The lowest BCUT2D eigenvalue weighted by Gasteiger charge is -2.37. The summed E-state index contributed by atoms with van der Waals surface area (Å²) in [4.78, 5) is 23.4. The molecule has 1 aromatic carbocycles. The summed E-state index contributed by atoms with van der Waals surface area (Å²) in [6.07, 6.45) is 3.09. The van der Waals surface area contributed by atoms with E-state index in [-0.39, 0.29) is 10.8 Å². The Kier molecular flexibility index (Phi) is 5.68. The van der Waals surface area contributed by atoms with Crippen molar-refractivity contribution < 1.29 is 18.3 Å². The Labute approximate surface area is 157 Å². The summed E-state index contributed by atoms with van der Waals surface area (Å²) < 4.78 is 26.9. The van der Waals surface area contributed by atoms with E-state index < -0.39 is 22.0 Å². The van der Waals surface area contributed by atoms with Crippen LogP contribution in [0.1, 0.15) is 5.56 Å². The Bertz CT molecular complexity index is 889. The second-order valence-corrected chi connectivity index (χ2v) is 8.09. The fourth-order valence-corrected chi connectivity index (χ4v) is 3.85. The van der Waals surface area contributed by atoms with Gasteiger partial charge in [0.25, 0.3) is 10.0 Å². The first-order valence-corrected chi connectivity index (χ1v) is 9.87. The van der Waals surface area contributed by atoms with Gasteiger partial charge in [-0.25, -0.2) is 23.1 Å². The number of rotatable bonds is 6. The van der Waals surface area contributed by atoms with Crippen LogP contribution in [0.15, 0.2) is 47.6 Å². The number of sulfonamides is 1. The summed E-state index contributed by atoms with van der Waals surface area (Å²) in [5, 5.41) is 9.27. The van der Waals surface area contributed by atoms with Crippen molar-refractivity contribution in [2.45, 2.75) is 17.5 Å². The van der Waals surface area contributed by atoms with Gasteiger partial charge in [0.1, 0.15) is 6.04 Å². The Morgan fingerprint density at radius 1 is 1.22 bits per heavy atom. The number of anilines is 1. The zero-order chi connectivity index (χ0) is 19.4. The molecular weight excluding hydrogens is 370 g/mol. The molecule has 0 radical (unpaired) electrons. The molecule has 9 nitrogen and oxygen atoms in total. The average Bonchev–Trinajstić information content (AvgIpc) is 2.65. The van der Waals surface area contributed by atoms with Gasteiger partial charge in [-0.15, -0.1) is 0 Å². The number of nitrogens with zero attached hydrogens (tertiary/aromatic N) is 4. The number of likely N-dealkylation sites (N-methyl/N-ethyl adjacent to an activating group) is 1. The van der Waals surface area contributed by atoms with Crippen LogP contribution in [0.25, 0.3) is 0 Å². The molecule has 144 valence electrons. The fraction of sp³-hybridized carbons (Fsp3) is 0.353. The minimum Gasteiger partial charge on any atom is -0.480 e. The van der Waals surface area contributed by atoms with Gasteiger partial charge in [0.05, 0.1) is 4.90 Å². The van der Waals surface area contributed by atoms with Crippen molar-refractivity contribution in [3.63, 3.8) is 0 Å². The summed E-state index contributed by atoms with van der Waals surface area (Å²) in [5.41, 5.74) is 0.784. The number of carboxylic acids is 1. The third-order valence-corrected chi connectivity index (χ3v) is 5.75. The van der Waals surface area contributed by atoms with Crippen LogP contribution in [0.3, 0.4) is 0 Å². The number of hydrogen-bond donors (Lipinski definition) is 2. The summed E-state index contributed by atoms with van der Waals surface area (Å²) >= 11 is 0. The number of benzene rings is 1. The van der Waals surface area contributed by atoms with Gasteiger partial charge in [0, 0.05) is 44.1 Å². The van der Waals surface area contributed by atoms with Crippen molar-refractivity contribution in [3.8, 4) is 0 Å². The number of nitrogens with one attached hydrogen (secondary N) is 1. The van der Waals surface area contributed by atoms with Gasteiger partial charge < -0.3 is 5.11 Å². The van der Waals surface area contributed by atoms with Crippen LogP contribution < -0.4 is 4.72 Å². The predicted molar refractivity (Wildman–Crippen MR) is 98.6 cm³/mol. The first-order chi connectivity index (χ1) is 12.8. The largest absolute Gasteiger partial charge is 0.480 e. The lowest BCUT2D eigenvalue weighted by atomic mass is 10.1. The number of aromatic nitrogens is 2. The van der Waals surface area contributed by atoms with E-state index in [1.54, 1.807) is 37.6 Å². The Balaban J connectivity index is 1.63. The second-order valence-electron chi connectivity index (χ2n) is 6.40. The molecule has 0 amide bonds. The number of carbonyl (C=O) groups is 1. The maximum absolute atomic E-state index is 12.3. The third kappa shape index (κ3) is 4.79. The number of aliphatic carboxylic acids is 1. The highest BCUT2D eigenvalue weighted by atomic mass is 32.2. The van der Waals surface area contributed by atoms with Crippen LogP contribution in [0.2, 0.25) is 0 Å². The molecule has 3 rings (SSSR count). The van der Waals surface area contributed by atoms with E-state index in [1.165, 1.54) is 12.1 Å². The molecule has 0 spiro atoms. The van der Waals surface area contributed by atoms with Gasteiger partial charge in [0.15, 0.2) is 0 Å². The summed E-state index contributed by atoms with van der Waals surface area (Å²) in [5.74, 6) is -0.853. The van der Waals surface area contributed by atoms with E-state index in [9.17, 15) is 18.3 Å². The molecular formula is C17H21N5O4S. The summed E-state index contributed by atoms with van der Waals surface area (Å²) in [7, 11) is -1.93. The van der Waals surface area contributed by atoms with Crippen molar-refractivity contribution in [3.05, 3.63) is 48.3 Å². The molecule has 10 heteroatoms. The first kappa shape index (κ1) is 19.2. The van der Waals surface area contributed by atoms with Crippen molar-refractivity contribution in [2.75, 3.05) is 31.4 Å². The number of hydrogen-bond acceptors (Lipinski definition) is 7. The van der Waals surface area contributed by atoms with Crippen LogP contribution in [0, 0.1) is 0 Å². The Morgan fingerprint density at radius 2 is 1.89 bits per heavy atom. The van der Waals surface area contributed by atoms with Gasteiger partial charge >= 0.3 is 5.97 Å². The molecule has 1 saturated heterocycles. The normalized spacial score (nSPS) is 18.9. The highest BCUT2D eigenvalue weighted by Gasteiger charge is 2.29. The fourth-order valence-electron chi connectivity index (χ4n) is 2.87. The van der Waals surface area contributed by atoms with E-state index >= 15 is 0 Å². The van der Waals surface area contributed by atoms with Gasteiger partial charge in [-0.1, -0.05) is 18.2 Å². The molecule has 1 atom stereocenters. The van der Waals surface area contributed by atoms with E-state index in [1.807, 2.05) is 9.80 Å². The van der Waals surface area contributed by atoms with Crippen molar-refractivity contribution in [1.29, 1.82) is 0 Å². The van der Waals surface area contributed by atoms with Gasteiger partial charge in [-0.2, -0.15) is 0 Å².